The molecule has 2 aromatic carbocycles. The molecule has 3 N–H and O–H groups in total. The molecule has 2 heterocycles. The van der Waals surface area contributed by atoms with Crippen LogP contribution in [-0.2, 0) is 17.1 Å². The summed E-state index contributed by atoms with van der Waals surface area (Å²) in [4.78, 5) is 9.01. The van der Waals surface area contributed by atoms with Gasteiger partial charge in [0, 0.05) is 7.05 Å². The predicted octanol–water partition coefficient (Wildman–Crippen LogP) is 2.58. The summed E-state index contributed by atoms with van der Waals surface area (Å²) < 4.78 is 31.4. The number of primary sulfonamides is 1. The van der Waals surface area contributed by atoms with Gasteiger partial charge in [0.25, 0.3) is 0 Å². The minimum absolute atomic E-state index is 0.00553. The van der Waals surface area contributed by atoms with E-state index in [4.69, 9.17) is 9.88 Å². The molecule has 4 aromatic rings. The van der Waals surface area contributed by atoms with Gasteiger partial charge in [0.15, 0.2) is 5.13 Å². The van der Waals surface area contributed by atoms with Gasteiger partial charge in [0.1, 0.15) is 16.8 Å². The summed E-state index contributed by atoms with van der Waals surface area (Å²) in [6.07, 6.45) is 1.75. The minimum Gasteiger partial charge on any atom is -0.495 e. The zero-order valence-corrected chi connectivity index (χ0v) is 15.6. The van der Waals surface area contributed by atoms with Crippen molar-refractivity contribution < 1.29 is 13.2 Å². The Morgan fingerprint density at radius 1 is 1.23 bits per heavy atom. The molecule has 2 aromatic heterocycles. The normalized spacial score (nSPS) is 12.0. The summed E-state index contributed by atoms with van der Waals surface area (Å²) in [5, 5.41) is 8.94. The van der Waals surface area contributed by atoms with E-state index in [1.807, 2.05) is 23.7 Å². The predicted molar refractivity (Wildman–Crippen MR) is 102 cm³/mol. The van der Waals surface area contributed by atoms with Crippen LogP contribution in [0.2, 0.25) is 0 Å². The number of benzene rings is 2. The lowest BCUT2D eigenvalue weighted by atomic mass is 10.3. The lowest BCUT2D eigenvalue weighted by Crippen LogP contribution is -2.12. The van der Waals surface area contributed by atoms with Crippen LogP contribution < -0.4 is 15.2 Å². The van der Waals surface area contributed by atoms with Crippen LogP contribution in [0.1, 0.15) is 0 Å². The Hall–Kier alpha value is -2.69. The highest BCUT2D eigenvalue weighted by Gasteiger charge is 2.15. The largest absolute Gasteiger partial charge is 0.495 e. The van der Waals surface area contributed by atoms with E-state index in [1.165, 1.54) is 30.6 Å². The number of nitrogens with two attached hydrogens (primary N) is 1. The van der Waals surface area contributed by atoms with Crippen molar-refractivity contribution in [2.75, 3.05) is 12.4 Å². The van der Waals surface area contributed by atoms with Gasteiger partial charge in [-0.3, -0.25) is 0 Å². The van der Waals surface area contributed by atoms with Crippen molar-refractivity contribution in [3.05, 3.63) is 36.7 Å². The van der Waals surface area contributed by atoms with Crippen molar-refractivity contribution in [1.82, 2.24) is 14.5 Å². The molecule has 0 spiro atoms. The third kappa shape index (κ3) is 2.77. The number of hydrogen-bond donors (Lipinski definition) is 2. The Bertz CT molecular complexity index is 1240. The van der Waals surface area contributed by atoms with Crippen LogP contribution in [0.3, 0.4) is 0 Å². The third-order valence-corrected chi connectivity index (χ3v) is 5.84. The molecular weight excluding hydrogens is 374 g/mol. The molecule has 134 valence electrons. The first-order valence-electron chi connectivity index (χ1n) is 7.55. The molecule has 4 rings (SSSR count). The van der Waals surface area contributed by atoms with Crippen molar-refractivity contribution in [3.8, 4) is 5.75 Å². The van der Waals surface area contributed by atoms with Crippen molar-refractivity contribution in [2.24, 2.45) is 12.2 Å². The number of anilines is 2. The molecule has 0 aliphatic heterocycles. The maximum atomic E-state index is 11.6. The second-order valence-corrected chi connectivity index (χ2v) is 8.28. The number of aromatic nitrogens is 3. The average Bonchev–Trinajstić information content (AvgIpc) is 3.17. The zero-order valence-electron chi connectivity index (χ0n) is 13.9. The molecule has 0 aliphatic rings. The molecule has 10 heteroatoms. The Morgan fingerprint density at radius 2 is 2.04 bits per heavy atom. The second kappa shape index (κ2) is 5.94. The van der Waals surface area contributed by atoms with Gasteiger partial charge in [-0.05, 0) is 30.3 Å². The van der Waals surface area contributed by atoms with Crippen LogP contribution in [0, 0.1) is 0 Å². The first kappa shape index (κ1) is 16.8. The summed E-state index contributed by atoms with van der Waals surface area (Å²) in [6.45, 7) is 0. The van der Waals surface area contributed by atoms with E-state index >= 15 is 0 Å². The molecule has 0 saturated carbocycles. The quantitative estimate of drug-likeness (QED) is 0.555. The fraction of sp³-hybridized carbons (Fsp3) is 0.125. The summed E-state index contributed by atoms with van der Waals surface area (Å²) in [6, 6.07) is 8.35. The van der Waals surface area contributed by atoms with Crippen LogP contribution >= 0.6 is 11.3 Å². The summed E-state index contributed by atoms with van der Waals surface area (Å²) >= 11 is 1.44. The molecule has 26 heavy (non-hydrogen) atoms. The molecule has 0 unspecified atom stereocenters. The van der Waals surface area contributed by atoms with Crippen molar-refractivity contribution in [1.29, 1.82) is 0 Å². The highest BCUT2D eigenvalue weighted by Crippen LogP contribution is 2.35. The molecule has 0 amide bonds. The lowest BCUT2D eigenvalue weighted by molar-refractivity contribution is 0.416. The number of methoxy groups -OCH3 is 1. The molecule has 0 bridgehead atoms. The summed E-state index contributed by atoms with van der Waals surface area (Å²) in [5.41, 5.74) is 3.07. The van der Waals surface area contributed by atoms with Gasteiger partial charge in [-0.15, -0.1) is 0 Å². The van der Waals surface area contributed by atoms with Gasteiger partial charge < -0.3 is 14.6 Å². The van der Waals surface area contributed by atoms with Gasteiger partial charge in [0.2, 0.25) is 10.0 Å². The SMILES string of the molecule is COc1ccc(S(N)(=O)=O)cc1Nc1nc2c(ccc3c2ncn3C)s1. The molecule has 8 nitrogen and oxygen atoms in total. The van der Waals surface area contributed by atoms with E-state index in [0.717, 1.165) is 21.3 Å². The van der Waals surface area contributed by atoms with Gasteiger partial charge in [-0.2, -0.15) is 0 Å². The van der Waals surface area contributed by atoms with Gasteiger partial charge in [-0.25, -0.2) is 23.5 Å². The highest BCUT2D eigenvalue weighted by atomic mass is 32.2. The van der Waals surface area contributed by atoms with E-state index < -0.39 is 10.0 Å². The van der Waals surface area contributed by atoms with Gasteiger partial charge in [-0.1, -0.05) is 11.3 Å². The molecule has 0 fully saturated rings. The summed E-state index contributed by atoms with van der Waals surface area (Å²) in [5.74, 6) is 0.486. The van der Waals surface area contributed by atoms with E-state index in [1.54, 1.807) is 12.4 Å². The molecule has 0 saturated heterocycles. The minimum atomic E-state index is -3.82. The van der Waals surface area contributed by atoms with E-state index in [0.29, 0.717) is 16.6 Å². The topological polar surface area (TPSA) is 112 Å². The number of sulfonamides is 1. The average molecular weight is 389 g/mol. The van der Waals surface area contributed by atoms with Crippen molar-refractivity contribution in [2.45, 2.75) is 4.90 Å². The van der Waals surface area contributed by atoms with Crippen LogP contribution in [-0.4, -0.2) is 30.1 Å². The lowest BCUT2D eigenvalue weighted by Gasteiger charge is -2.10. The van der Waals surface area contributed by atoms with Crippen molar-refractivity contribution in [3.63, 3.8) is 0 Å². The first-order valence-corrected chi connectivity index (χ1v) is 9.91. The highest BCUT2D eigenvalue weighted by molar-refractivity contribution is 7.89. The number of ether oxygens (including phenoxy) is 1. The Kier molecular flexibility index (Phi) is 3.83. The Balaban J connectivity index is 1.81. The van der Waals surface area contributed by atoms with E-state index in [-0.39, 0.29) is 4.90 Å². The van der Waals surface area contributed by atoms with E-state index in [2.05, 4.69) is 15.3 Å². The fourth-order valence-electron chi connectivity index (χ4n) is 2.72. The number of imidazole rings is 1. The third-order valence-electron chi connectivity index (χ3n) is 3.99. The number of nitrogens with one attached hydrogen (secondary N) is 1. The molecular formula is C16H15N5O3S2. The molecule has 0 aliphatic carbocycles. The van der Waals surface area contributed by atoms with Crippen LogP contribution in [0.5, 0.6) is 5.75 Å². The Labute approximate surface area is 153 Å². The molecule has 0 radical (unpaired) electrons. The monoisotopic (exact) mass is 389 g/mol. The maximum absolute atomic E-state index is 11.6. The number of aryl methyl sites for hydroxylation is 1. The van der Waals surface area contributed by atoms with Crippen LogP contribution in [0.25, 0.3) is 21.3 Å². The van der Waals surface area contributed by atoms with Crippen LogP contribution in [0.4, 0.5) is 10.8 Å². The second-order valence-electron chi connectivity index (χ2n) is 5.69. The first-order chi connectivity index (χ1) is 12.4. The number of hydrogen-bond acceptors (Lipinski definition) is 7. The number of rotatable bonds is 4. The van der Waals surface area contributed by atoms with Gasteiger partial charge in [0.05, 0.1) is 34.2 Å². The molecule has 0 atom stereocenters. The number of fused-ring (bicyclic) bond motifs is 3. The van der Waals surface area contributed by atoms with Gasteiger partial charge >= 0.3 is 0 Å². The zero-order chi connectivity index (χ0) is 18.5. The van der Waals surface area contributed by atoms with Crippen LogP contribution in [0.15, 0.2) is 41.6 Å². The maximum Gasteiger partial charge on any atom is 0.238 e. The Morgan fingerprint density at radius 3 is 2.77 bits per heavy atom. The fourth-order valence-corrected chi connectivity index (χ4v) is 4.14. The number of thiazole rings is 1. The van der Waals surface area contributed by atoms with E-state index in [9.17, 15) is 8.42 Å². The summed E-state index contributed by atoms with van der Waals surface area (Å²) in [7, 11) is -0.385. The smallest absolute Gasteiger partial charge is 0.238 e. The standard InChI is InChI=1S/C16H15N5O3S2/c1-21-8-18-14-11(21)4-6-13-15(14)20-16(25-13)19-10-7-9(26(17,22)23)3-5-12(10)24-2/h3-8H,1-2H3,(H,19,20)(H2,17,22,23). The van der Waals surface area contributed by atoms with Crippen molar-refractivity contribution >= 4 is 53.4 Å². The number of nitrogens with zero attached hydrogens (tertiary/aromatic N) is 3.